The minimum atomic E-state index is -0.586. The highest BCUT2D eigenvalue weighted by Crippen LogP contribution is 2.22. The molecular formula is C14H21NO4. The minimum Gasteiger partial charge on any atom is -0.507 e. The van der Waals surface area contributed by atoms with Gasteiger partial charge in [-0.15, -0.1) is 0 Å². The van der Waals surface area contributed by atoms with Crippen LogP contribution in [-0.4, -0.2) is 35.9 Å². The van der Waals surface area contributed by atoms with E-state index in [-0.39, 0.29) is 17.9 Å². The van der Waals surface area contributed by atoms with Crippen LogP contribution in [0.5, 0.6) is 11.5 Å². The summed E-state index contributed by atoms with van der Waals surface area (Å²) in [4.78, 5) is 11.9. The molecule has 0 aliphatic rings. The molecule has 106 valence electrons. The predicted octanol–water partition coefficient (Wildman–Crippen LogP) is 1.54. The number of amides is 1. The van der Waals surface area contributed by atoms with Gasteiger partial charge in [-0.25, -0.2) is 0 Å². The van der Waals surface area contributed by atoms with Crippen LogP contribution in [0.15, 0.2) is 18.2 Å². The Hall–Kier alpha value is -1.75. The standard InChI is InChI=1S/C14H21NO4/c1-9(2)6-10(16)8-15-14(18)12-7-11(19-3)4-5-13(12)17/h4-5,7,9-10,16-17H,6,8H2,1-3H3,(H,15,18). The summed E-state index contributed by atoms with van der Waals surface area (Å²) in [6.45, 7) is 4.16. The molecule has 1 rings (SSSR count). The highest BCUT2D eigenvalue weighted by Gasteiger charge is 2.14. The lowest BCUT2D eigenvalue weighted by Crippen LogP contribution is -2.32. The van der Waals surface area contributed by atoms with E-state index in [1.54, 1.807) is 6.07 Å². The lowest BCUT2D eigenvalue weighted by Gasteiger charge is -2.14. The van der Waals surface area contributed by atoms with Crippen molar-refractivity contribution in [2.24, 2.45) is 5.92 Å². The van der Waals surface area contributed by atoms with Gasteiger partial charge in [0.2, 0.25) is 0 Å². The SMILES string of the molecule is COc1ccc(O)c(C(=O)NCC(O)CC(C)C)c1. The molecule has 5 heteroatoms. The number of methoxy groups -OCH3 is 1. The normalized spacial score (nSPS) is 12.3. The first-order valence-corrected chi connectivity index (χ1v) is 6.27. The summed E-state index contributed by atoms with van der Waals surface area (Å²) < 4.78 is 5.00. The first-order chi connectivity index (χ1) is 8.93. The molecule has 0 heterocycles. The zero-order valence-corrected chi connectivity index (χ0v) is 11.5. The molecule has 1 aromatic rings. The molecule has 0 saturated carbocycles. The fraction of sp³-hybridized carbons (Fsp3) is 0.500. The Labute approximate surface area is 113 Å². The molecule has 1 amide bonds. The lowest BCUT2D eigenvalue weighted by molar-refractivity contribution is 0.0897. The number of hydrogen-bond donors (Lipinski definition) is 3. The number of nitrogens with one attached hydrogen (secondary N) is 1. The number of ether oxygens (including phenoxy) is 1. The van der Waals surface area contributed by atoms with Crippen molar-refractivity contribution in [1.29, 1.82) is 0 Å². The molecule has 0 spiro atoms. The Morgan fingerprint density at radius 1 is 1.42 bits per heavy atom. The molecule has 0 aromatic heterocycles. The van der Waals surface area contributed by atoms with Gasteiger partial charge in [-0.2, -0.15) is 0 Å². The first-order valence-electron chi connectivity index (χ1n) is 6.27. The molecule has 5 nitrogen and oxygen atoms in total. The van der Waals surface area contributed by atoms with Crippen LogP contribution in [0.3, 0.4) is 0 Å². The quantitative estimate of drug-likeness (QED) is 0.730. The van der Waals surface area contributed by atoms with Crippen molar-refractivity contribution in [3.63, 3.8) is 0 Å². The second-order valence-corrected chi connectivity index (χ2v) is 4.88. The topological polar surface area (TPSA) is 78.8 Å². The second kappa shape index (κ2) is 6.99. The van der Waals surface area contributed by atoms with Gasteiger partial charge < -0.3 is 20.3 Å². The van der Waals surface area contributed by atoms with Crippen molar-refractivity contribution in [2.75, 3.05) is 13.7 Å². The average molecular weight is 267 g/mol. The molecular weight excluding hydrogens is 246 g/mol. The number of aliphatic hydroxyl groups is 1. The Balaban J connectivity index is 2.63. The summed E-state index contributed by atoms with van der Waals surface area (Å²) in [6, 6.07) is 4.43. The molecule has 0 aliphatic carbocycles. The fourth-order valence-electron chi connectivity index (χ4n) is 1.76. The molecule has 1 atom stereocenters. The molecule has 3 N–H and O–H groups in total. The van der Waals surface area contributed by atoms with E-state index >= 15 is 0 Å². The maximum atomic E-state index is 11.9. The zero-order chi connectivity index (χ0) is 14.4. The van der Waals surface area contributed by atoms with Gasteiger partial charge in [-0.05, 0) is 30.5 Å². The maximum Gasteiger partial charge on any atom is 0.255 e. The van der Waals surface area contributed by atoms with Crippen LogP contribution in [0.4, 0.5) is 0 Å². The van der Waals surface area contributed by atoms with E-state index in [4.69, 9.17) is 4.74 Å². The number of carbonyl (C=O) groups is 1. The summed E-state index contributed by atoms with van der Waals surface area (Å²) in [5.74, 6) is 0.304. The first kappa shape index (κ1) is 15.3. The highest BCUT2D eigenvalue weighted by molar-refractivity contribution is 5.97. The van der Waals surface area contributed by atoms with Crippen molar-refractivity contribution in [3.05, 3.63) is 23.8 Å². The smallest absolute Gasteiger partial charge is 0.255 e. The van der Waals surface area contributed by atoms with Gasteiger partial charge in [0.25, 0.3) is 5.91 Å². The van der Waals surface area contributed by atoms with Gasteiger partial charge in [0.1, 0.15) is 11.5 Å². The van der Waals surface area contributed by atoms with E-state index in [1.165, 1.54) is 19.2 Å². The fourth-order valence-corrected chi connectivity index (χ4v) is 1.76. The molecule has 0 radical (unpaired) electrons. The van der Waals surface area contributed by atoms with Gasteiger partial charge in [0.05, 0.1) is 18.8 Å². The molecule has 19 heavy (non-hydrogen) atoms. The molecule has 0 fully saturated rings. The van der Waals surface area contributed by atoms with Crippen molar-refractivity contribution in [1.82, 2.24) is 5.32 Å². The van der Waals surface area contributed by atoms with Crippen molar-refractivity contribution in [2.45, 2.75) is 26.4 Å². The largest absolute Gasteiger partial charge is 0.507 e. The molecule has 0 aliphatic heterocycles. The van der Waals surface area contributed by atoms with Gasteiger partial charge in [-0.3, -0.25) is 4.79 Å². The van der Waals surface area contributed by atoms with E-state index in [0.717, 1.165) is 0 Å². The van der Waals surface area contributed by atoms with Crippen LogP contribution >= 0.6 is 0 Å². The zero-order valence-electron chi connectivity index (χ0n) is 11.5. The van der Waals surface area contributed by atoms with Crippen LogP contribution < -0.4 is 10.1 Å². The van der Waals surface area contributed by atoms with Crippen molar-refractivity contribution < 1.29 is 19.7 Å². The third-order valence-electron chi connectivity index (χ3n) is 2.69. The van der Waals surface area contributed by atoms with Crippen molar-refractivity contribution in [3.8, 4) is 11.5 Å². The van der Waals surface area contributed by atoms with Gasteiger partial charge >= 0.3 is 0 Å². The summed E-state index contributed by atoms with van der Waals surface area (Å²) in [7, 11) is 1.49. The van der Waals surface area contributed by atoms with Gasteiger partial charge in [0, 0.05) is 6.54 Å². The van der Waals surface area contributed by atoms with Crippen molar-refractivity contribution >= 4 is 5.91 Å². The second-order valence-electron chi connectivity index (χ2n) is 4.88. The number of phenols is 1. The minimum absolute atomic E-state index is 0.114. The van der Waals surface area contributed by atoms with Crippen LogP contribution in [0.25, 0.3) is 0 Å². The molecule has 0 saturated heterocycles. The molecule has 1 aromatic carbocycles. The number of hydrogen-bond acceptors (Lipinski definition) is 4. The summed E-state index contributed by atoms with van der Waals surface area (Å²) in [5, 5.41) is 21.9. The third kappa shape index (κ3) is 4.79. The average Bonchev–Trinajstić information content (AvgIpc) is 2.35. The lowest BCUT2D eigenvalue weighted by atomic mass is 10.1. The Kier molecular flexibility index (Phi) is 5.63. The van der Waals surface area contributed by atoms with Crippen LogP contribution in [-0.2, 0) is 0 Å². The number of aromatic hydroxyl groups is 1. The van der Waals surface area contributed by atoms with Gasteiger partial charge in [0.15, 0.2) is 0 Å². The number of phenolic OH excluding ortho intramolecular Hbond substituents is 1. The molecule has 0 bridgehead atoms. The maximum absolute atomic E-state index is 11.9. The number of benzene rings is 1. The van der Waals surface area contributed by atoms with E-state index < -0.39 is 12.0 Å². The van der Waals surface area contributed by atoms with Gasteiger partial charge in [-0.1, -0.05) is 13.8 Å². The van der Waals surface area contributed by atoms with Crippen LogP contribution in [0.2, 0.25) is 0 Å². The number of rotatable bonds is 6. The van der Waals surface area contributed by atoms with Crippen LogP contribution in [0.1, 0.15) is 30.6 Å². The summed E-state index contributed by atoms with van der Waals surface area (Å²) >= 11 is 0. The van der Waals surface area contributed by atoms with E-state index in [2.05, 4.69) is 5.32 Å². The summed E-state index contributed by atoms with van der Waals surface area (Å²) in [5.41, 5.74) is 0.135. The Morgan fingerprint density at radius 2 is 2.11 bits per heavy atom. The number of carbonyl (C=O) groups excluding carboxylic acids is 1. The van der Waals surface area contributed by atoms with E-state index in [0.29, 0.717) is 18.1 Å². The number of aliphatic hydroxyl groups excluding tert-OH is 1. The predicted molar refractivity (Wildman–Crippen MR) is 72.5 cm³/mol. The van der Waals surface area contributed by atoms with Crippen LogP contribution in [0, 0.1) is 5.92 Å². The van der Waals surface area contributed by atoms with E-state index in [9.17, 15) is 15.0 Å². The Bertz CT molecular complexity index is 431. The molecule has 1 unspecified atom stereocenters. The summed E-state index contributed by atoms with van der Waals surface area (Å²) in [6.07, 6.45) is 0.0291. The third-order valence-corrected chi connectivity index (χ3v) is 2.69. The monoisotopic (exact) mass is 267 g/mol. The highest BCUT2D eigenvalue weighted by atomic mass is 16.5. The van der Waals surface area contributed by atoms with E-state index in [1.807, 2.05) is 13.8 Å². The Morgan fingerprint density at radius 3 is 2.68 bits per heavy atom.